The number of carbonyl (C=O) groups excluding carboxylic acids is 2. The van der Waals surface area contributed by atoms with E-state index in [0.29, 0.717) is 11.5 Å². The Kier molecular flexibility index (Phi) is 6.62. The highest BCUT2D eigenvalue weighted by atomic mass is 79.9. The summed E-state index contributed by atoms with van der Waals surface area (Å²) in [6, 6.07) is 7.11. The number of hydrogen-bond acceptors (Lipinski definition) is 4. The van der Waals surface area contributed by atoms with Gasteiger partial charge in [0.2, 0.25) is 0 Å². The predicted octanol–water partition coefficient (Wildman–Crippen LogP) is 3.35. The molecule has 1 heterocycles. The third-order valence-corrected chi connectivity index (χ3v) is 3.86. The highest BCUT2D eigenvalue weighted by Gasteiger charge is 2.10. The molecular formula is C16H14Br2N2O4. The molecule has 0 aliphatic heterocycles. The van der Waals surface area contributed by atoms with Crippen LogP contribution in [0.4, 0.5) is 0 Å². The van der Waals surface area contributed by atoms with E-state index >= 15 is 0 Å². The van der Waals surface area contributed by atoms with Crippen molar-refractivity contribution < 1.29 is 18.7 Å². The lowest BCUT2D eigenvalue weighted by atomic mass is 10.2. The van der Waals surface area contributed by atoms with E-state index in [1.54, 1.807) is 12.1 Å². The molecule has 0 atom stereocenters. The average Bonchev–Trinajstić information content (AvgIpc) is 3.03. The van der Waals surface area contributed by atoms with Gasteiger partial charge >= 0.3 is 0 Å². The maximum atomic E-state index is 11.7. The Morgan fingerprint density at radius 1 is 1.29 bits per heavy atom. The minimum absolute atomic E-state index is 0.233. The molecule has 2 rings (SSSR count). The molecule has 2 amide bonds. The number of carbonyl (C=O) groups is 2. The highest BCUT2D eigenvalue weighted by molar-refractivity contribution is 9.11. The van der Waals surface area contributed by atoms with Gasteiger partial charge in [0, 0.05) is 10.5 Å². The van der Waals surface area contributed by atoms with E-state index < -0.39 is 11.8 Å². The van der Waals surface area contributed by atoms with Crippen molar-refractivity contribution >= 4 is 49.8 Å². The van der Waals surface area contributed by atoms with Gasteiger partial charge in [-0.2, -0.15) is 0 Å². The Labute approximate surface area is 155 Å². The van der Waals surface area contributed by atoms with E-state index in [9.17, 15) is 9.59 Å². The molecule has 0 spiro atoms. The van der Waals surface area contributed by atoms with E-state index in [-0.39, 0.29) is 6.61 Å². The van der Waals surface area contributed by atoms with Crippen molar-refractivity contribution in [2.24, 2.45) is 0 Å². The summed E-state index contributed by atoms with van der Waals surface area (Å²) < 4.78 is 12.1. The molecule has 126 valence electrons. The third kappa shape index (κ3) is 5.54. The molecule has 0 radical (unpaired) electrons. The number of furan rings is 1. The Balaban J connectivity index is 1.78. The summed E-state index contributed by atoms with van der Waals surface area (Å²) in [6.45, 7) is 1.63. The number of ether oxygens (including phenoxy) is 1. The molecule has 6 nitrogen and oxygen atoms in total. The molecule has 0 aliphatic rings. The van der Waals surface area contributed by atoms with E-state index in [1.165, 1.54) is 18.4 Å². The third-order valence-electron chi connectivity index (χ3n) is 2.81. The summed E-state index contributed by atoms with van der Waals surface area (Å²) in [7, 11) is 0. The van der Waals surface area contributed by atoms with E-state index in [4.69, 9.17) is 9.15 Å². The quantitative estimate of drug-likeness (QED) is 0.532. The summed E-state index contributed by atoms with van der Waals surface area (Å²) in [4.78, 5) is 23.3. The Hall–Kier alpha value is -2.06. The summed E-state index contributed by atoms with van der Waals surface area (Å²) in [5, 5.41) is 0. The van der Waals surface area contributed by atoms with Crippen LogP contribution in [-0.4, -0.2) is 18.4 Å². The van der Waals surface area contributed by atoms with Crippen molar-refractivity contribution in [3.05, 3.63) is 56.9 Å². The normalized spacial score (nSPS) is 10.6. The standard InChI is InChI=1S/C16H14Br2N2O4/c1-10-7-11(17)8-13(18)16(10)24-9-15(22)20-19-14(21)5-4-12-3-2-6-23-12/h2-8H,9H2,1H3,(H,19,21)(H,20,22). The van der Waals surface area contributed by atoms with Gasteiger partial charge in [-0.15, -0.1) is 0 Å². The molecule has 0 saturated heterocycles. The summed E-state index contributed by atoms with van der Waals surface area (Å²) in [5.41, 5.74) is 5.39. The lowest BCUT2D eigenvalue weighted by Gasteiger charge is -2.12. The predicted molar refractivity (Wildman–Crippen MR) is 96.1 cm³/mol. The van der Waals surface area contributed by atoms with Crippen LogP contribution in [0, 0.1) is 6.92 Å². The summed E-state index contributed by atoms with van der Waals surface area (Å²) in [5.74, 6) is 0.137. The largest absolute Gasteiger partial charge is 0.482 e. The minimum atomic E-state index is -0.485. The molecule has 0 aliphatic carbocycles. The highest BCUT2D eigenvalue weighted by Crippen LogP contribution is 2.32. The first-order chi connectivity index (χ1) is 11.5. The molecule has 8 heteroatoms. The van der Waals surface area contributed by atoms with Crippen molar-refractivity contribution in [2.75, 3.05) is 6.61 Å². The molecule has 2 aromatic rings. The molecule has 0 unspecified atom stereocenters. The van der Waals surface area contributed by atoms with Gasteiger partial charge < -0.3 is 9.15 Å². The van der Waals surface area contributed by atoms with Crippen molar-refractivity contribution in [3.8, 4) is 5.75 Å². The fourth-order valence-corrected chi connectivity index (χ4v) is 3.32. The van der Waals surface area contributed by atoms with E-state index in [1.807, 2.05) is 19.1 Å². The number of amides is 2. The second-order valence-corrected chi connectivity index (χ2v) is 6.48. The fraction of sp³-hybridized carbons (Fsp3) is 0.125. The van der Waals surface area contributed by atoms with E-state index in [2.05, 4.69) is 42.7 Å². The van der Waals surface area contributed by atoms with Gasteiger partial charge in [-0.05, 0) is 58.8 Å². The van der Waals surface area contributed by atoms with Gasteiger partial charge in [0.15, 0.2) is 6.61 Å². The van der Waals surface area contributed by atoms with Crippen LogP contribution in [0.1, 0.15) is 11.3 Å². The molecule has 0 saturated carbocycles. The van der Waals surface area contributed by atoms with Crippen LogP contribution < -0.4 is 15.6 Å². The Morgan fingerprint density at radius 3 is 2.75 bits per heavy atom. The molecule has 24 heavy (non-hydrogen) atoms. The zero-order chi connectivity index (χ0) is 17.5. The topological polar surface area (TPSA) is 80.6 Å². The Bertz CT molecular complexity index is 734. The SMILES string of the molecule is Cc1cc(Br)cc(Br)c1OCC(=O)NNC(=O)C=Cc1ccco1. The van der Waals surface area contributed by atoms with Crippen molar-refractivity contribution in [3.63, 3.8) is 0 Å². The van der Waals surface area contributed by atoms with Crippen LogP contribution in [0.25, 0.3) is 6.08 Å². The van der Waals surface area contributed by atoms with E-state index in [0.717, 1.165) is 14.5 Å². The zero-order valence-electron chi connectivity index (χ0n) is 12.6. The van der Waals surface area contributed by atoms with Crippen LogP contribution in [-0.2, 0) is 9.59 Å². The van der Waals surface area contributed by atoms with Gasteiger partial charge in [-0.25, -0.2) is 0 Å². The molecule has 1 aromatic carbocycles. The van der Waals surface area contributed by atoms with Crippen molar-refractivity contribution in [2.45, 2.75) is 6.92 Å². The van der Waals surface area contributed by atoms with Gasteiger partial charge in [-0.1, -0.05) is 15.9 Å². The first-order valence-electron chi connectivity index (χ1n) is 6.84. The first kappa shape index (κ1) is 18.3. The molecular weight excluding hydrogens is 444 g/mol. The minimum Gasteiger partial charge on any atom is -0.482 e. The smallest absolute Gasteiger partial charge is 0.276 e. The van der Waals surface area contributed by atoms with Crippen LogP contribution in [0.3, 0.4) is 0 Å². The first-order valence-corrected chi connectivity index (χ1v) is 8.43. The molecule has 0 bridgehead atoms. The zero-order valence-corrected chi connectivity index (χ0v) is 15.8. The second-order valence-electron chi connectivity index (χ2n) is 4.71. The number of aryl methyl sites for hydroxylation is 1. The average molecular weight is 458 g/mol. The number of benzene rings is 1. The van der Waals surface area contributed by atoms with Crippen LogP contribution >= 0.6 is 31.9 Å². The van der Waals surface area contributed by atoms with Crippen LogP contribution in [0.2, 0.25) is 0 Å². The lowest BCUT2D eigenvalue weighted by molar-refractivity contribution is -0.128. The maximum Gasteiger partial charge on any atom is 0.276 e. The number of halogens is 2. The number of rotatable bonds is 5. The number of hydrogen-bond donors (Lipinski definition) is 2. The van der Waals surface area contributed by atoms with Gasteiger partial charge in [0.05, 0.1) is 10.7 Å². The van der Waals surface area contributed by atoms with Crippen LogP contribution in [0.15, 0.2) is 50.0 Å². The monoisotopic (exact) mass is 456 g/mol. The summed E-state index contributed by atoms with van der Waals surface area (Å²) in [6.07, 6.45) is 4.23. The summed E-state index contributed by atoms with van der Waals surface area (Å²) >= 11 is 6.75. The molecule has 1 aromatic heterocycles. The second kappa shape index (κ2) is 8.70. The van der Waals surface area contributed by atoms with Crippen LogP contribution in [0.5, 0.6) is 5.75 Å². The molecule has 0 fully saturated rings. The number of hydrazine groups is 1. The van der Waals surface area contributed by atoms with Gasteiger partial charge in [-0.3, -0.25) is 20.4 Å². The van der Waals surface area contributed by atoms with Crippen molar-refractivity contribution in [1.29, 1.82) is 0 Å². The Morgan fingerprint density at radius 2 is 2.08 bits per heavy atom. The lowest BCUT2D eigenvalue weighted by Crippen LogP contribution is -2.43. The van der Waals surface area contributed by atoms with Gasteiger partial charge in [0.1, 0.15) is 11.5 Å². The number of nitrogens with one attached hydrogen (secondary N) is 2. The maximum absolute atomic E-state index is 11.7. The van der Waals surface area contributed by atoms with Gasteiger partial charge in [0.25, 0.3) is 11.8 Å². The van der Waals surface area contributed by atoms with Crippen molar-refractivity contribution in [1.82, 2.24) is 10.9 Å². The molecule has 2 N–H and O–H groups in total. The fourth-order valence-electron chi connectivity index (χ4n) is 1.76.